The number of nitrogens with zero attached hydrogens (tertiary/aromatic N) is 1. The Kier molecular flexibility index (Phi) is 2.86. The molecule has 2 heteroatoms. The third kappa shape index (κ3) is 1.85. The van der Waals surface area contributed by atoms with Gasteiger partial charge in [-0.2, -0.15) is 5.26 Å². The molecule has 0 radical (unpaired) electrons. The molecule has 0 amide bonds. The highest BCUT2D eigenvalue weighted by Crippen LogP contribution is 2.34. The Labute approximate surface area is 73.6 Å². The fourth-order valence-electron chi connectivity index (χ4n) is 1.78. The Morgan fingerprint density at radius 3 is 2.92 bits per heavy atom. The molecule has 1 aliphatic carbocycles. The number of hydrogen-bond donors (Lipinski definition) is 0. The topological polar surface area (TPSA) is 40.9 Å². The lowest BCUT2D eigenvalue weighted by Crippen LogP contribution is -2.25. The smallest absolute Gasteiger partial charge is 0.139 e. The van der Waals surface area contributed by atoms with E-state index in [1.165, 1.54) is 0 Å². The highest BCUT2D eigenvalue weighted by atomic mass is 16.1. The first kappa shape index (κ1) is 9.25. The maximum absolute atomic E-state index is 11.6. The molecule has 1 unspecified atom stereocenters. The molecule has 0 bridgehead atoms. The summed E-state index contributed by atoms with van der Waals surface area (Å²) in [5.74, 6) is 0.293. The minimum Gasteiger partial charge on any atom is -0.299 e. The van der Waals surface area contributed by atoms with Crippen molar-refractivity contribution in [1.29, 1.82) is 5.26 Å². The van der Waals surface area contributed by atoms with E-state index in [0.29, 0.717) is 18.6 Å². The first-order chi connectivity index (χ1) is 5.69. The van der Waals surface area contributed by atoms with Gasteiger partial charge < -0.3 is 0 Å². The summed E-state index contributed by atoms with van der Waals surface area (Å²) >= 11 is 0. The van der Waals surface area contributed by atoms with Crippen molar-refractivity contribution in [2.45, 2.75) is 45.4 Å². The standard InChI is InChI=1S/C10H15NO/c1-10(7-8-11)6-4-2-3-5-9(10)12/h2-7H2,1H3. The van der Waals surface area contributed by atoms with Crippen LogP contribution in [0.1, 0.15) is 45.4 Å². The fraction of sp³-hybridized carbons (Fsp3) is 0.800. The minimum absolute atomic E-state index is 0.293. The maximum atomic E-state index is 11.6. The van der Waals surface area contributed by atoms with Crippen LogP contribution in [-0.4, -0.2) is 5.78 Å². The first-order valence-electron chi connectivity index (χ1n) is 4.59. The van der Waals surface area contributed by atoms with Crippen LogP contribution >= 0.6 is 0 Å². The summed E-state index contributed by atoms with van der Waals surface area (Å²) in [6, 6.07) is 2.12. The molecular formula is C10H15NO. The highest BCUT2D eigenvalue weighted by molar-refractivity contribution is 5.84. The van der Waals surface area contributed by atoms with E-state index in [9.17, 15) is 4.79 Å². The lowest BCUT2D eigenvalue weighted by atomic mass is 9.79. The number of rotatable bonds is 1. The van der Waals surface area contributed by atoms with Gasteiger partial charge in [-0.05, 0) is 12.8 Å². The quantitative estimate of drug-likeness (QED) is 0.560. The SMILES string of the molecule is CC1(CC#N)CCCCCC1=O. The molecule has 0 aromatic rings. The molecule has 0 aromatic carbocycles. The lowest BCUT2D eigenvalue weighted by Gasteiger charge is -2.22. The van der Waals surface area contributed by atoms with Gasteiger partial charge in [0.15, 0.2) is 0 Å². The van der Waals surface area contributed by atoms with Crippen molar-refractivity contribution in [1.82, 2.24) is 0 Å². The molecule has 1 aliphatic rings. The Bertz CT molecular complexity index is 216. The van der Waals surface area contributed by atoms with Crippen LogP contribution in [0.25, 0.3) is 0 Å². The predicted molar refractivity (Wildman–Crippen MR) is 46.4 cm³/mol. The van der Waals surface area contributed by atoms with E-state index in [-0.39, 0.29) is 5.41 Å². The van der Waals surface area contributed by atoms with E-state index in [4.69, 9.17) is 5.26 Å². The van der Waals surface area contributed by atoms with Crippen LogP contribution in [0.15, 0.2) is 0 Å². The number of ketones is 1. The maximum Gasteiger partial charge on any atom is 0.139 e. The van der Waals surface area contributed by atoms with Crippen molar-refractivity contribution >= 4 is 5.78 Å². The zero-order chi connectivity index (χ0) is 9.03. The van der Waals surface area contributed by atoms with E-state index in [2.05, 4.69) is 6.07 Å². The van der Waals surface area contributed by atoms with Crippen molar-refractivity contribution in [2.24, 2.45) is 5.41 Å². The van der Waals surface area contributed by atoms with Gasteiger partial charge in [-0.15, -0.1) is 0 Å². The van der Waals surface area contributed by atoms with Crippen LogP contribution in [0.2, 0.25) is 0 Å². The van der Waals surface area contributed by atoms with Gasteiger partial charge in [0.05, 0.1) is 6.07 Å². The van der Waals surface area contributed by atoms with Gasteiger partial charge in [0.1, 0.15) is 5.78 Å². The van der Waals surface area contributed by atoms with Gasteiger partial charge in [-0.3, -0.25) is 4.79 Å². The second-order valence-electron chi connectivity index (χ2n) is 3.88. The summed E-state index contributed by atoms with van der Waals surface area (Å²) in [5, 5.41) is 8.59. The van der Waals surface area contributed by atoms with E-state index >= 15 is 0 Å². The molecule has 1 atom stereocenters. The molecule has 0 aromatic heterocycles. The van der Waals surface area contributed by atoms with E-state index in [0.717, 1.165) is 25.7 Å². The summed E-state index contributed by atoms with van der Waals surface area (Å²) in [5.41, 5.74) is -0.328. The monoisotopic (exact) mass is 165 g/mol. The Balaban J connectivity index is 2.70. The number of nitriles is 1. The molecule has 0 saturated heterocycles. The van der Waals surface area contributed by atoms with E-state index in [1.54, 1.807) is 0 Å². The Morgan fingerprint density at radius 2 is 2.25 bits per heavy atom. The molecule has 0 N–H and O–H groups in total. The second-order valence-corrected chi connectivity index (χ2v) is 3.88. The number of hydrogen-bond acceptors (Lipinski definition) is 2. The van der Waals surface area contributed by atoms with Crippen LogP contribution in [0, 0.1) is 16.7 Å². The van der Waals surface area contributed by atoms with Gasteiger partial charge >= 0.3 is 0 Å². The average Bonchev–Trinajstić information content (AvgIpc) is 2.17. The molecule has 0 spiro atoms. The molecule has 12 heavy (non-hydrogen) atoms. The van der Waals surface area contributed by atoms with Crippen LogP contribution < -0.4 is 0 Å². The largest absolute Gasteiger partial charge is 0.299 e. The predicted octanol–water partition coefficient (Wildman–Crippen LogP) is 2.44. The van der Waals surface area contributed by atoms with Gasteiger partial charge in [0, 0.05) is 18.3 Å². The van der Waals surface area contributed by atoms with Crippen molar-refractivity contribution in [3.63, 3.8) is 0 Å². The van der Waals surface area contributed by atoms with E-state index in [1.807, 2.05) is 6.92 Å². The molecule has 0 heterocycles. The Morgan fingerprint density at radius 1 is 1.50 bits per heavy atom. The molecule has 2 nitrogen and oxygen atoms in total. The molecule has 1 rings (SSSR count). The van der Waals surface area contributed by atoms with Crippen LogP contribution in [-0.2, 0) is 4.79 Å². The summed E-state index contributed by atoms with van der Waals surface area (Å²) in [7, 11) is 0. The van der Waals surface area contributed by atoms with Crippen LogP contribution in [0.4, 0.5) is 0 Å². The van der Waals surface area contributed by atoms with Crippen LogP contribution in [0.5, 0.6) is 0 Å². The third-order valence-corrected chi connectivity index (χ3v) is 2.77. The summed E-state index contributed by atoms with van der Waals surface area (Å²) < 4.78 is 0. The fourth-order valence-corrected chi connectivity index (χ4v) is 1.78. The van der Waals surface area contributed by atoms with Crippen molar-refractivity contribution < 1.29 is 4.79 Å². The average molecular weight is 165 g/mol. The van der Waals surface area contributed by atoms with Gasteiger partial charge in [0.2, 0.25) is 0 Å². The summed E-state index contributed by atoms with van der Waals surface area (Å²) in [6.45, 7) is 1.93. The second kappa shape index (κ2) is 3.71. The number of carbonyl (C=O) groups is 1. The molecular weight excluding hydrogens is 150 g/mol. The van der Waals surface area contributed by atoms with Crippen molar-refractivity contribution in [3.05, 3.63) is 0 Å². The zero-order valence-electron chi connectivity index (χ0n) is 7.60. The van der Waals surface area contributed by atoms with Crippen LogP contribution in [0.3, 0.4) is 0 Å². The first-order valence-corrected chi connectivity index (χ1v) is 4.59. The van der Waals surface area contributed by atoms with Gasteiger partial charge in [-0.25, -0.2) is 0 Å². The molecule has 0 aliphatic heterocycles. The lowest BCUT2D eigenvalue weighted by molar-refractivity contribution is -0.127. The molecule has 1 fully saturated rings. The van der Waals surface area contributed by atoms with Gasteiger partial charge in [-0.1, -0.05) is 19.8 Å². The molecule has 1 saturated carbocycles. The van der Waals surface area contributed by atoms with Crippen molar-refractivity contribution in [2.75, 3.05) is 0 Å². The van der Waals surface area contributed by atoms with Gasteiger partial charge in [0.25, 0.3) is 0 Å². The highest BCUT2D eigenvalue weighted by Gasteiger charge is 2.33. The normalized spacial score (nSPS) is 30.8. The summed E-state index contributed by atoms with van der Waals surface area (Å²) in [6.07, 6.45) is 5.24. The Hall–Kier alpha value is -0.840. The minimum atomic E-state index is -0.328. The number of carbonyl (C=O) groups excluding carboxylic acids is 1. The molecule has 66 valence electrons. The summed E-state index contributed by atoms with van der Waals surface area (Å²) in [4.78, 5) is 11.6. The zero-order valence-corrected chi connectivity index (χ0v) is 7.60. The van der Waals surface area contributed by atoms with Crippen molar-refractivity contribution in [3.8, 4) is 6.07 Å². The third-order valence-electron chi connectivity index (χ3n) is 2.77. The van der Waals surface area contributed by atoms with E-state index < -0.39 is 0 Å². The number of Topliss-reactive ketones (excluding diaryl/α,β-unsaturated/α-hetero) is 1.